The van der Waals surface area contributed by atoms with Crippen LogP contribution >= 0.6 is 0 Å². The van der Waals surface area contributed by atoms with Crippen molar-refractivity contribution in [2.75, 3.05) is 6.61 Å². The van der Waals surface area contributed by atoms with E-state index >= 15 is 0 Å². The Bertz CT molecular complexity index is 1180. The first-order chi connectivity index (χ1) is 16.7. The van der Waals surface area contributed by atoms with Gasteiger partial charge in [-0.05, 0) is 81.3 Å². The lowest BCUT2D eigenvalue weighted by molar-refractivity contribution is 0.0498. The molecule has 2 nitrogen and oxygen atoms in total. The number of unbranched alkanes of at least 4 members (excludes halogenated alkanes) is 5. The second-order valence-corrected chi connectivity index (χ2v) is 11.7. The molecule has 0 heterocycles. The Kier molecular flexibility index (Phi) is 7.69. The monoisotopic (exact) mass is 470 g/mol. The predicted molar refractivity (Wildman–Crippen MR) is 148 cm³/mol. The number of carbonyl (C=O) groups is 1. The first-order valence-corrected chi connectivity index (χ1v) is 13.6. The normalized spacial score (nSPS) is 16.1. The average Bonchev–Trinajstić information content (AvgIpc) is 2.85. The molecule has 3 aromatic carbocycles. The second-order valence-electron chi connectivity index (χ2n) is 11.7. The molecule has 3 aromatic rings. The lowest BCUT2D eigenvalue weighted by Gasteiger charge is -2.42. The number of benzene rings is 3. The van der Waals surface area contributed by atoms with Gasteiger partial charge >= 0.3 is 5.97 Å². The maximum absolute atomic E-state index is 12.5. The van der Waals surface area contributed by atoms with Gasteiger partial charge in [-0.15, -0.1) is 0 Å². The van der Waals surface area contributed by atoms with Crippen LogP contribution in [0.15, 0.2) is 54.6 Å². The van der Waals surface area contributed by atoms with E-state index in [0.29, 0.717) is 12.2 Å². The van der Waals surface area contributed by atoms with Crippen molar-refractivity contribution >= 4 is 16.7 Å². The third-order valence-corrected chi connectivity index (χ3v) is 7.99. The number of hydrogen-bond acceptors (Lipinski definition) is 2. The van der Waals surface area contributed by atoms with Gasteiger partial charge in [0.2, 0.25) is 0 Å². The molecule has 0 aromatic heterocycles. The fourth-order valence-electron chi connectivity index (χ4n) is 5.45. The fraction of sp³-hybridized carbons (Fsp3) is 0.485. The van der Waals surface area contributed by atoms with Crippen molar-refractivity contribution < 1.29 is 9.53 Å². The van der Waals surface area contributed by atoms with Crippen LogP contribution in [0.2, 0.25) is 0 Å². The van der Waals surface area contributed by atoms with Gasteiger partial charge < -0.3 is 4.74 Å². The van der Waals surface area contributed by atoms with Gasteiger partial charge in [-0.1, -0.05) is 103 Å². The molecule has 0 atom stereocenters. The highest BCUT2D eigenvalue weighted by Crippen LogP contribution is 2.46. The van der Waals surface area contributed by atoms with Gasteiger partial charge in [0.25, 0.3) is 0 Å². The van der Waals surface area contributed by atoms with Crippen molar-refractivity contribution in [2.24, 2.45) is 0 Å². The summed E-state index contributed by atoms with van der Waals surface area (Å²) in [6, 6.07) is 19.5. The lowest BCUT2D eigenvalue weighted by Crippen LogP contribution is -2.33. The van der Waals surface area contributed by atoms with Crippen LogP contribution in [0, 0.1) is 0 Å². The van der Waals surface area contributed by atoms with E-state index in [1.807, 2.05) is 18.2 Å². The summed E-state index contributed by atoms with van der Waals surface area (Å²) in [5.74, 6) is -0.218. The minimum atomic E-state index is -0.218. The molecular formula is C33H42O2. The molecule has 0 amide bonds. The van der Waals surface area contributed by atoms with Crippen LogP contribution < -0.4 is 0 Å². The highest BCUT2D eigenvalue weighted by Gasteiger charge is 2.36. The summed E-state index contributed by atoms with van der Waals surface area (Å²) in [5.41, 5.74) is 6.51. The summed E-state index contributed by atoms with van der Waals surface area (Å²) in [6.07, 6.45) is 9.56. The van der Waals surface area contributed by atoms with E-state index < -0.39 is 0 Å². The van der Waals surface area contributed by atoms with Crippen molar-refractivity contribution in [3.63, 3.8) is 0 Å². The van der Waals surface area contributed by atoms with Gasteiger partial charge in [0.15, 0.2) is 0 Å². The molecule has 0 N–H and O–H groups in total. The third-order valence-electron chi connectivity index (χ3n) is 7.99. The Morgan fingerprint density at radius 1 is 0.714 bits per heavy atom. The molecule has 186 valence electrons. The summed E-state index contributed by atoms with van der Waals surface area (Å²) >= 11 is 0. The van der Waals surface area contributed by atoms with Crippen molar-refractivity contribution in [1.29, 1.82) is 0 Å². The quantitative estimate of drug-likeness (QED) is 0.230. The number of hydrogen-bond donors (Lipinski definition) is 0. The Balaban J connectivity index is 1.48. The fourth-order valence-corrected chi connectivity index (χ4v) is 5.45. The minimum Gasteiger partial charge on any atom is -0.462 e. The molecule has 4 rings (SSSR count). The SMILES string of the molecule is CCCCCCCCOC(=O)c1ccc2cc(-c3ccc4c(c3)C(C)(C)CCC4(C)C)ccc2c1. The van der Waals surface area contributed by atoms with Crippen LogP contribution in [-0.2, 0) is 15.6 Å². The molecule has 0 aliphatic heterocycles. The average molecular weight is 471 g/mol. The van der Waals surface area contributed by atoms with E-state index in [0.717, 1.165) is 23.6 Å². The van der Waals surface area contributed by atoms with E-state index in [2.05, 4.69) is 71.0 Å². The van der Waals surface area contributed by atoms with E-state index in [-0.39, 0.29) is 16.8 Å². The standard InChI is InChI=1S/C33H42O2/c1-6-7-8-9-10-11-20-35-31(34)28-15-14-24-21-25(12-13-26(24)22-28)27-16-17-29-30(23-27)33(4,5)19-18-32(29,2)3/h12-17,21-23H,6-11,18-20H2,1-5H3. The van der Waals surface area contributed by atoms with Crippen LogP contribution in [0.3, 0.4) is 0 Å². The molecule has 0 saturated carbocycles. The van der Waals surface area contributed by atoms with E-state index in [1.54, 1.807) is 0 Å². The van der Waals surface area contributed by atoms with Crippen molar-refractivity contribution in [3.05, 3.63) is 71.3 Å². The molecule has 0 spiro atoms. The smallest absolute Gasteiger partial charge is 0.338 e. The van der Waals surface area contributed by atoms with Gasteiger partial charge in [0, 0.05) is 0 Å². The highest BCUT2D eigenvalue weighted by molar-refractivity contribution is 5.96. The molecule has 0 bridgehead atoms. The highest BCUT2D eigenvalue weighted by atomic mass is 16.5. The summed E-state index contributed by atoms with van der Waals surface area (Å²) in [4.78, 5) is 12.5. The van der Waals surface area contributed by atoms with Crippen LogP contribution in [-0.4, -0.2) is 12.6 Å². The maximum Gasteiger partial charge on any atom is 0.338 e. The third kappa shape index (κ3) is 5.80. The second kappa shape index (κ2) is 10.6. The van der Waals surface area contributed by atoms with Crippen LogP contribution in [0.5, 0.6) is 0 Å². The Hall–Kier alpha value is -2.61. The number of esters is 1. The van der Waals surface area contributed by atoms with Crippen molar-refractivity contribution in [2.45, 2.75) is 96.8 Å². The Labute approximate surface area is 212 Å². The Morgan fingerprint density at radius 3 is 2.09 bits per heavy atom. The molecule has 0 radical (unpaired) electrons. The predicted octanol–water partition coefficient (Wildman–Crippen LogP) is 9.37. The Morgan fingerprint density at radius 2 is 1.31 bits per heavy atom. The van der Waals surface area contributed by atoms with Crippen LogP contribution in [0.25, 0.3) is 21.9 Å². The lowest BCUT2D eigenvalue weighted by atomic mass is 9.63. The zero-order valence-corrected chi connectivity index (χ0v) is 22.4. The number of fused-ring (bicyclic) bond motifs is 2. The molecule has 1 aliphatic rings. The molecule has 0 unspecified atom stereocenters. The molecule has 35 heavy (non-hydrogen) atoms. The first kappa shape index (κ1) is 25.5. The summed E-state index contributed by atoms with van der Waals surface area (Å²) in [6.45, 7) is 12.2. The zero-order chi connectivity index (χ0) is 25.1. The molecule has 0 saturated heterocycles. The molecule has 1 aliphatic carbocycles. The number of carbonyl (C=O) groups excluding carboxylic acids is 1. The van der Waals surface area contributed by atoms with Gasteiger partial charge in [-0.3, -0.25) is 0 Å². The summed E-state index contributed by atoms with van der Waals surface area (Å²) in [5, 5.41) is 2.22. The van der Waals surface area contributed by atoms with E-state index in [9.17, 15) is 4.79 Å². The van der Waals surface area contributed by atoms with Gasteiger partial charge in [-0.2, -0.15) is 0 Å². The van der Waals surface area contributed by atoms with Crippen LogP contribution in [0.4, 0.5) is 0 Å². The largest absolute Gasteiger partial charge is 0.462 e. The minimum absolute atomic E-state index is 0.197. The van der Waals surface area contributed by atoms with Crippen molar-refractivity contribution in [1.82, 2.24) is 0 Å². The molecule has 2 heteroatoms. The van der Waals surface area contributed by atoms with E-state index in [1.165, 1.54) is 60.8 Å². The van der Waals surface area contributed by atoms with E-state index in [4.69, 9.17) is 4.74 Å². The topological polar surface area (TPSA) is 26.3 Å². The van der Waals surface area contributed by atoms with Gasteiger partial charge in [-0.25, -0.2) is 4.79 Å². The van der Waals surface area contributed by atoms with Gasteiger partial charge in [0.1, 0.15) is 0 Å². The number of ether oxygens (including phenoxy) is 1. The number of rotatable bonds is 9. The van der Waals surface area contributed by atoms with Crippen molar-refractivity contribution in [3.8, 4) is 11.1 Å². The summed E-state index contributed by atoms with van der Waals surface area (Å²) in [7, 11) is 0. The van der Waals surface area contributed by atoms with Gasteiger partial charge in [0.05, 0.1) is 12.2 Å². The first-order valence-electron chi connectivity index (χ1n) is 13.6. The molecular weight excluding hydrogens is 428 g/mol. The summed E-state index contributed by atoms with van der Waals surface area (Å²) < 4.78 is 5.53. The van der Waals surface area contributed by atoms with Crippen LogP contribution in [0.1, 0.15) is 107 Å². The maximum atomic E-state index is 12.5. The zero-order valence-electron chi connectivity index (χ0n) is 22.4. The molecule has 0 fully saturated rings.